The molecule has 2 aromatic rings. The summed E-state index contributed by atoms with van der Waals surface area (Å²) < 4.78 is 20.4. The molecule has 146 valence electrons. The van der Waals surface area contributed by atoms with Gasteiger partial charge in [-0.1, -0.05) is 30.3 Å². The van der Waals surface area contributed by atoms with Gasteiger partial charge >= 0.3 is 23.9 Å². The maximum Gasteiger partial charge on any atom is 0.309 e. The fourth-order valence-electron chi connectivity index (χ4n) is 2.26. The molecule has 1 aromatic heterocycles. The summed E-state index contributed by atoms with van der Waals surface area (Å²) in [5.41, 5.74) is 0.517. The maximum absolute atomic E-state index is 11.7. The highest BCUT2D eigenvalue weighted by atomic mass is 16.6. The first-order valence-electron chi connectivity index (χ1n) is 8.06. The molecule has 0 saturated carbocycles. The van der Waals surface area contributed by atoms with Crippen LogP contribution in [0.1, 0.15) is 27.7 Å². The molecule has 0 fully saturated rings. The molecule has 28 heavy (non-hydrogen) atoms. The predicted octanol–water partition coefficient (Wildman–Crippen LogP) is 2.45. The summed E-state index contributed by atoms with van der Waals surface area (Å²) in [6, 6.07) is 8.40. The van der Waals surface area contributed by atoms with Crippen molar-refractivity contribution in [3.05, 3.63) is 30.3 Å². The second kappa shape index (κ2) is 8.76. The van der Waals surface area contributed by atoms with Gasteiger partial charge in [0.2, 0.25) is 11.6 Å². The van der Waals surface area contributed by atoms with Crippen molar-refractivity contribution >= 4 is 23.9 Å². The van der Waals surface area contributed by atoms with Crippen molar-refractivity contribution in [3.63, 3.8) is 0 Å². The molecule has 0 aliphatic carbocycles. The van der Waals surface area contributed by atoms with E-state index in [4.69, 9.17) is 18.9 Å². The molecule has 0 spiro atoms. The Kier molecular flexibility index (Phi) is 6.43. The van der Waals surface area contributed by atoms with Gasteiger partial charge in [-0.3, -0.25) is 19.2 Å². The van der Waals surface area contributed by atoms with Gasteiger partial charge in [-0.15, -0.1) is 0 Å². The Balaban J connectivity index is 2.91. The van der Waals surface area contributed by atoms with E-state index in [2.05, 4.69) is 4.98 Å². The lowest BCUT2D eigenvalue weighted by Crippen LogP contribution is -2.14. The molecule has 0 aliphatic rings. The number of rotatable bonds is 5. The minimum atomic E-state index is -0.782. The molecule has 1 heterocycles. The van der Waals surface area contributed by atoms with Crippen molar-refractivity contribution in [3.8, 4) is 34.4 Å². The van der Waals surface area contributed by atoms with Gasteiger partial charge in [-0.05, 0) is 5.56 Å². The van der Waals surface area contributed by atoms with Gasteiger partial charge in [0.05, 0.1) is 5.56 Å². The van der Waals surface area contributed by atoms with Gasteiger partial charge in [0.15, 0.2) is 5.75 Å². The van der Waals surface area contributed by atoms with Crippen LogP contribution in [0.4, 0.5) is 0 Å². The summed E-state index contributed by atoms with van der Waals surface area (Å²) in [6.07, 6.45) is 0. The maximum atomic E-state index is 11.7. The first-order valence-corrected chi connectivity index (χ1v) is 8.06. The van der Waals surface area contributed by atoms with Gasteiger partial charge in [0.1, 0.15) is 0 Å². The molecule has 0 atom stereocenters. The average Bonchev–Trinajstić information content (AvgIpc) is 2.57. The number of esters is 4. The Hall–Kier alpha value is -3.75. The fraction of sp³-hybridized carbons (Fsp3) is 0.211. The van der Waals surface area contributed by atoms with Gasteiger partial charge in [0, 0.05) is 27.7 Å². The lowest BCUT2D eigenvalue weighted by molar-refractivity contribution is -0.135. The molecule has 1 aromatic carbocycles. The van der Waals surface area contributed by atoms with Crippen LogP contribution in [0.3, 0.4) is 0 Å². The number of hydrogen-bond donors (Lipinski definition) is 0. The van der Waals surface area contributed by atoms with Crippen LogP contribution >= 0.6 is 0 Å². The van der Waals surface area contributed by atoms with Crippen molar-refractivity contribution in [2.45, 2.75) is 27.7 Å². The minimum absolute atomic E-state index is 0.0677. The quantitative estimate of drug-likeness (QED) is 0.713. The third-order valence-corrected chi connectivity index (χ3v) is 3.08. The lowest BCUT2D eigenvalue weighted by atomic mass is 10.1. The van der Waals surface area contributed by atoms with Crippen LogP contribution < -0.4 is 18.9 Å². The van der Waals surface area contributed by atoms with Crippen LogP contribution in [0.15, 0.2) is 30.3 Å². The third-order valence-electron chi connectivity index (χ3n) is 3.08. The Morgan fingerprint density at radius 3 is 1.61 bits per heavy atom. The van der Waals surface area contributed by atoms with E-state index in [0.29, 0.717) is 5.56 Å². The van der Waals surface area contributed by atoms with E-state index >= 15 is 0 Å². The van der Waals surface area contributed by atoms with E-state index in [1.807, 2.05) is 0 Å². The third kappa shape index (κ3) is 5.13. The molecule has 0 aliphatic heterocycles. The Morgan fingerprint density at radius 2 is 1.11 bits per heavy atom. The van der Waals surface area contributed by atoms with E-state index in [1.54, 1.807) is 30.3 Å². The number of hydrogen-bond acceptors (Lipinski definition) is 9. The van der Waals surface area contributed by atoms with Crippen molar-refractivity contribution in [2.75, 3.05) is 0 Å². The Morgan fingerprint density at radius 1 is 0.643 bits per heavy atom. The monoisotopic (exact) mass is 387 g/mol. The first kappa shape index (κ1) is 20.6. The molecule has 0 radical (unpaired) electrons. The number of benzene rings is 1. The summed E-state index contributed by atoms with van der Waals surface area (Å²) in [5.74, 6) is -4.48. The number of nitrogens with zero attached hydrogens (tertiary/aromatic N) is 1. The summed E-state index contributed by atoms with van der Waals surface area (Å²) in [5, 5.41) is 0. The van der Waals surface area contributed by atoms with Crippen molar-refractivity contribution in [1.82, 2.24) is 4.98 Å². The summed E-state index contributed by atoms with van der Waals surface area (Å²) in [4.78, 5) is 50.3. The molecule has 2 rings (SSSR count). The molecular formula is C19H17NO8. The van der Waals surface area contributed by atoms with Gasteiger partial charge in [0.25, 0.3) is 5.88 Å². The van der Waals surface area contributed by atoms with Crippen LogP contribution in [0, 0.1) is 0 Å². The highest BCUT2D eigenvalue weighted by Crippen LogP contribution is 2.48. The molecule has 0 amide bonds. The number of carbonyl (C=O) groups excluding carboxylic acids is 4. The lowest BCUT2D eigenvalue weighted by Gasteiger charge is -2.18. The normalized spacial score (nSPS) is 10.0. The molecule has 0 unspecified atom stereocenters. The van der Waals surface area contributed by atoms with E-state index in [1.165, 1.54) is 0 Å². The number of ether oxygens (including phenoxy) is 4. The highest BCUT2D eigenvalue weighted by molar-refractivity contribution is 5.87. The standard InChI is InChI=1S/C19H17NO8/c1-10(21)25-16-15(14-8-6-5-7-9-14)18(27-12(3)23)20-19(28-13(4)24)17(16)26-11(2)22/h5-9H,1-4H3. The van der Waals surface area contributed by atoms with Gasteiger partial charge in [-0.25, -0.2) is 0 Å². The zero-order chi connectivity index (χ0) is 20.8. The number of pyridine rings is 1. The fourth-order valence-corrected chi connectivity index (χ4v) is 2.26. The second-order valence-electron chi connectivity index (χ2n) is 5.50. The van der Waals surface area contributed by atoms with E-state index in [-0.39, 0.29) is 17.2 Å². The summed E-state index contributed by atoms with van der Waals surface area (Å²) >= 11 is 0. The zero-order valence-corrected chi connectivity index (χ0v) is 15.6. The SMILES string of the molecule is CC(=O)Oc1nc(OC(C)=O)c(-c2ccccc2)c(OC(C)=O)c1OC(C)=O. The topological polar surface area (TPSA) is 118 Å². The predicted molar refractivity (Wildman–Crippen MR) is 94.9 cm³/mol. The number of aromatic nitrogens is 1. The Labute approximate surface area is 160 Å². The van der Waals surface area contributed by atoms with Crippen molar-refractivity contribution in [1.29, 1.82) is 0 Å². The molecule has 9 nitrogen and oxygen atoms in total. The summed E-state index contributed by atoms with van der Waals surface area (Å²) in [6.45, 7) is 4.48. The van der Waals surface area contributed by atoms with E-state index in [9.17, 15) is 19.2 Å². The minimum Gasteiger partial charge on any atom is -0.422 e. The molecule has 0 bridgehead atoms. The largest absolute Gasteiger partial charge is 0.422 e. The van der Waals surface area contributed by atoms with Crippen LogP contribution in [-0.2, 0) is 19.2 Å². The molecular weight excluding hydrogens is 370 g/mol. The van der Waals surface area contributed by atoms with E-state index < -0.39 is 35.5 Å². The van der Waals surface area contributed by atoms with Crippen molar-refractivity contribution in [2.24, 2.45) is 0 Å². The van der Waals surface area contributed by atoms with Gasteiger partial charge in [-0.2, -0.15) is 4.98 Å². The molecule has 9 heteroatoms. The summed E-state index contributed by atoms with van der Waals surface area (Å²) in [7, 11) is 0. The molecule has 0 saturated heterocycles. The smallest absolute Gasteiger partial charge is 0.309 e. The first-order chi connectivity index (χ1) is 13.2. The van der Waals surface area contributed by atoms with E-state index in [0.717, 1.165) is 27.7 Å². The highest BCUT2D eigenvalue weighted by Gasteiger charge is 2.29. The zero-order valence-electron chi connectivity index (χ0n) is 15.6. The van der Waals surface area contributed by atoms with Crippen LogP contribution in [0.25, 0.3) is 11.1 Å². The van der Waals surface area contributed by atoms with Gasteiger partial charge < -0.3 is 18.9 Å². The number of carbonyl (C=O) groups is 4. The van der Waals surface area contributed by atoms with Crippen LogP contribution in [0.5, 0.6) is 23.3 Å². The molecule has 0 N–H and O–H groups in total. The average molecular weight is 387 g/mol. The Bertz CT molecular complexity index is 937. The van der Waals surface area contributed by atoms with Crippen LogP contribution in [-0.4, -0.2) is 28.9 Å². The second-order valence-corrected chi connectivity index (χ2v) is 5.50. The van der Waals surface area contributed by atoms with Crippen LogP contribution in [0.2, 0.25) is 0 Å². The van der Waals surface area contributed by atoms with Crippen molar-refractivity contribution < 1.29 is 38.1 Å².